The molecule has 13 heavy (non-hydrogen) atoms. The van der Waals surface area contributed by atoms with Crippen LogP contribution in [0.1, 0.15) is 19.3 Å². The Hall–Kier alpha value is -0.150. The molecule has 1 fully saturated rings. The molecule has 0 amide bonds. The van der Waals surface area contributed by atoms with Gasteiger partial charge >= 0.3 is 0 Å². The number of nitrogens with zero attached hydrogens (tertiary/aromatic N) is 1. The lowest BCUT2D eigenvalue weighted by Crippen LogP contribution is -2.30. The van der Waals surface area contributed by atoms with E-state index in [9.17, 15) is 4.39 Å². The van der Waals surface area contributed by atoms with Crippen molar-refractivity contribution in [3.63, 3.8) is 0 Å². The SMILES string of the molecule is CN(CCF)CCC1CCNCC1. The summed E-state index contributed by atoms with van der Waals surface area (Å²) in [4.78, 5) is 2.09. The molecule has 0 aromatic rings. The normalized spacial score (nSPS) is 19.6. The molecule has 0 saturated carbocycles. The molecule has 1 aliphatic rings. The summed E-state index contributed by atoms with van der Waals surface area (Å²) in [6.45, 7) is 3.75. The van der Waals surface area contributed by atoms with E-state index in [0.717, 1.165) is 25.6 Å². The monoisotopic (exact) mass is 188 g/mol. The molecular formula is C10H21FN2. The lowest BCUT2D eigenvalue weighted by molar-refractivity contribution is 0.253. The van der Waals surface area contributed by atoms with Crippen molar-refractivity contribution in [1.29, 1.82) is 0 Å². The van der Waals surface area contributed by atoms with Gasteiger partial charge in [0.25, 0.3) is 0 Å². The van der Waals surface area contributed by atoms with Crippen LogP contribution in [-0.2, 0) is 0 Å². The van der Waals surface area contributed by atoms with E-state index in [1.54, 1.807) is 0 Å². The lowest BCUT2D eigenvalue weighted by atomic mass is 9.94. The van der Waals surface area contributed by atoms with Gasteiger partial charge in [0.2, 0.25) is 0 Å². The molecule has 0 spiro atoms. The molecule has 78 valence electrons. The second kappa shape index (κ2) is 6.33. The van der Waals surface area contributed by atoms with Crippen molar-refractivity contribution in [3.8, 4) is 0 Å². The Bertz CT molecular complexity index is 124. The highest BCUT2D eigenvalue weighted by atomic mass is 19.1. The molecule has 0 bridgehead atoms. The zero-order valence-electron chi connectivity index (χ0n) is 8.56. The van der Waals surface area contributed by atoms with Gasteiger partial charge in [0.1, 0.15) is 6.67 Å². The third kappa shape index (κ3) is 4.58. The van der Waals surface area contributed by atoms with Gasteiger partial charge in [0.05, 0.1) is 0 Å². The van der Waals surface area contributed by atoms with Gasteiger partial charge in [-0.2, -0.15) is 0 Å². The minimum atomic E-state index is -0.220. The summed E-state index contributed by atoms with van der Waals surface area (Å²) in [7, 11) is 2.00. The summed E-state index contributed by atoms with van der Waals surface area (Å²) >= 11 is 0. The Morgan fingerprint density at radius 2 is 2.00 bits per heavy atom. The van der Waals surface area contributed by atoms with Crippen LogP contribution in [0.5, 0.6) is 0 Å². The standard InChI is InChI=1S/C10H21FN2/c1-13(9-5-11)8-4-10-2-6-12-7-3-10/h10,12H,2-9H2,1H3. The van der Waals surface area contributed by atoms with E-state index < -0.39 is 0 Å². The van der Waals surface area contributed by atoms with Crippen molar-refractivity contribution < 1.29 is 4.39 Å². The molecule has 0 radical (unpaired) electrons. The van der Waals surface area contributed by atoms with Gasteiger partial charge in [0, 0.05) is 6.54 Å². The summed E-state index contributed by atoms with van der Waals surface area (Å²) in [5.41, 5.74) is 0. The van der Waals surface area contributed by atoms with E-state index in [1.165, 1.54) is 19.3 Å². The maximum Gasteiger partial charge on any atom is 0.102 e. The van der Waals surface area contributed by atoms with Crippen LogP contribution in [0.3, 0.4) is 0 Å². The molecule has 1 N–H and O–H groups in total. The van der Waals surface area contributed by atoms with Crippen LogP contribution >= 0.6 is 0 Å². The van der Waals surface area contributed by atoms with Gasteiger partial charge in [-0.1, -0.05) is 0 Å². The van der Waals surface area contributed by atoms with Crippen molar-refractivity contribution >= 4 is 0 Å². The zero-order valence-corrected chi connectivity index (χ0v) is 8.56. The molecule has 2 nitrogen and oxygen atoms in total. The number of hydrogen-bond acceptors (Lipinski definition) is 2. The zero-order chi connectivity index (χ0) is 9.52. The number of hydrogen-bond donors (Lipinski definition) is 1. The smallest absolute Gasteiger partial charge is 0.102 e. The van der Waals surface area contributed by atoms with Crippen LogP contribution in [0.15, 0.2) is 0 Å². The maximum absolute atomic E-state index is 12.0. The second-order valence-electron chi connectivity index (χ2n) is 3.97. The Morgan fingerprint density at radius 3 is 2.62 bits per heavy atom. The number of halogens is 1. The molecule has 1 heterocycles. The van der Waals surface area contributed by atoms with Crippen LogP contribution in [0.25, 0.3) is 0 Å². The first-order valence-corrected chi connectivity index (χ1v) is 5.28. The van der Waals surface area contributed by atoms with Crippen molar-refractivity contribution in [3.05, 3.63) is 0 Å². The Balaban J connectivity index is 2.03. The van der Waals surface area contributed by atoms with Gasteiger partial charge in [-0.15, -0.1) is 0 Å². The third-order valence-corrected chi connectivity index (χ3v) is 2.84. The quantitative estimate of drug-likeness (QED) is 0.699. The summed E-state index contributed by atoms with van der Waals surface area (Å²) < 4.78 is 12.0. The molecule has 0 unspecified atom stereocenters. The van der Waals surface area contributed by atoms with Crippen molar-refractivity contribution in [2.75, 3.05) is 39.9 Å². The van der Waals surface area contributed by atoms with E-state index in [0.29, 0.717) is 6.54 Å². The maximum atomic E-state index is 12.0. The average Bonchev–Trinajstić information content (AvgIpc) is 2.17. The third-order valence-electron chi connectivity index (χ3n) is 2.84. The molecule has 3 heteroatoms. The van der Waals surface area contributed by atoms with Crippen LogP contribution in [0.4, 0.5) is 4.39 Å². The van der Waals surface area contributed by atoms with Crippen LogP contribution in [-0.4, -0.2) is 44.8 Å². The van der Waals surface area contributed by atoms with E-state index in [1.807, 2.05) is 7.05 Å². The Labute approximate surface area is 80.5 Å². The minimum Gasteiger partial charge on any atom is -0.317 e. The van der Waals surface area contributed by atoms with Crippen LogP contribution < -0.4 is 5.32 Å². The fraction of sp³-hybridized carbons (Fsp3) is 1.00. The Morgan fingerprint density at radius 1 is 1.31 bits per heavy atom. The van der Waals surface area contributed by atoms with Crippen molar-refractivity contribution in [2.24, 2.45) is 5.92 Å². The van der Waals surface area contributed by atoms with Gasteiger partial charge < -0.3 is 10.2 Å². The lowest BCUT2D eigenvalue weighted by Gasteiger charge is -2.24. The molecule has 1 aliphatic heterocycles. The summed E-state index contributed by atoms with van der Waals surface area (Å²) in [6.07, 6.45) is 3.82. The van der Waals surface area contributed by atoms with Gasteiger partial charge in [0.15, 0.2) is 0 Å². The predicted octanol–water partition coefficient (Wildman–Crippen LogP) is 1.28. The average molecular weight is 188 g/mol. The number of alkyl halides is 1. The summed E-state index contributed by atoms with van der Waals surface area (Å²) in [5, 5.41) is 3.35. The predicted molar refractivity (Wildman–Crippen MR) is 53.7 cm³/mol. The fourth-order valence-corrected chi connectivity index (χ4v) is 1.83. The molecular weight excluding hydrogens is 167 g/mol. The summed E-state index contributed by atoms with van der Waals surface area (Å²) in [5.74, 6) is 0.864. The van der Waals surface area contributed by atoms with Crippen molar-refractivity contribution in [1.82, 2.24) is 10.2 Å². The van der Waals surface area contributed by atoms with Crippen molar-refractivity contribution in [2.45, 2.75) is 19.3 Å². The van der Waals surface area contributed by atoms with Gasteiger partial charge in [-0.05, 0) is 51.9 Å². The first kappa shape index (κ1) is 10.9. The minimum absolute atomic E-state index is 0.220. The van der Waals surface area contributed by atoms with Gasteiger partial charge in [-0.3, -0.25) is 0 Å². The van der Waals surface area contributed by atoms with E-state index in [-0.39, 0.29) is 6.67 Å². The largest absolute Gasteiger partial charge is 0.317 e. The highest BCUT2D eigenvalue weighted by molar-refractivity contribution is 4.69. The van der Waals surface area contributed by atoms with E-state index in [4.69, 9.17) is 0 Å². The molecule has 0 atom stereocenters. The second-order valence-corrected chi connectivity index (χ2v) is 3.97. The first-order valence-electron chi connectivity index (χ1n) is 5.28. The highest BCUT2D eigenvalue weighted by Crippen LogP contribution is 2.15. The topological polar surface area (TPSA) is 15.3 Å². The summed E-state index contributed by atoms with van der Waals surface area (Å²) in [6, 6.07) is 0. The fourth-order valence-electron chi connectivity index (χ4n) is 1.83. The van der Waals surface area contributed by atoms with E-state index >= 15 is 0 Å². The highest BCUT2D eigenvalue weighted by Gasteiger charge is 2.12. The van der Waals surface area contributed by atoms with E-state index in [2.05, 4.69) is 10.2 Å². The number of rotatable bonds is 5. The molecule has 1 saturated heterocycles. The number of nitrogens with one attached hydrogen (secondary N) is 1. The van der Waals surface area contributed by atoms with Gasteiger partial charge in [-0.25, -0.2) is 4.39 Å². The molecule has 1 rings (SSSR count). The first-order chi connectivity index (χ1) is 6.33. The van der Waals surface area contributed by atoms with Crippen LogP contribution in [0, 0.1) is 5.92 Å². The van der Waals surface area contributed by atoms with Crippen LogP contribution in [0.2, 0.25) is 0 Å². The molecule has 0 aromatic heterocycles. The molecule has 0 aromatic carbocycles. The molecule has 0 aliphatic carbocycles. The number of piperidine rings is 1. The Kier molecular flexibility index (Phi) is 5.32.